The molecule has 1 aliphatic carbocycles. The number of thioether (sulfide) groups is 1. The quantitative estimate of drug-likeness (QED) is 0.0401. The van der Waals surface area contributed by atoms with Crippen LogP contribution >= 0.6 is 11.8 Å². The Hall–Kier alpha value is -5.48. The van der Waals surface area contributed by atoms with Crippen LogP contribution in [0.15, 0.2) is 107 Å². The minimum Gasteiger partial charge on any atom is -0.481 e. The number of carboxylic acids is 1. The standard InChI is InChI=1S/C53H60N2O7S/c1-7-61-46(58)24-14-17-31-55-42-29-27-36-20-10-12-22-38(36)49(42)53(5,6)44(55)34-40-50(60)39(51(40)63-32-18-15-25-47(59)62-8-2)33-43-52(3,4)48-37-21-11-9-19-35(37)26-28-41(48)54(43)30-16-13-23-45(56)57/h9-12,19-22,26-29,33-34H,7-8,13-18,23-25,30-32H2,1-6H3/p+1. The largest absolute Gasteiger partial charge is 0.481 e. The molecule has 330 valence electrons. The second-order valence-electron chi connectivity index (χ2n) is 17.7. The van der Waals surface area contributed by atoms with E-state index >= 15 is 0 Å². The number of Topliss-reactive ketones (excluding diaryl/α,β-unsaturated/α-hetero) is 1. The van der Waals surface area contributed by atoms with Crippen LogP contribution in [0.5, 0.6) is 0 Å². The Morgan fingerprint density at radius 3 is 1.97 bits per heavy atom. The van der Waals surface area contributed by atoms with Gasteiger partial charge >= 0.3 is 17.9 Å². The summed E-state index contributed by atoms with van der Waals surface area (Å²) < 4.78 is 12.8. The molecule has 0 atom stereocenters. The maximum atomic E-state index is 14.9. The van der Waals surface area contributed by atoms with Gasteiger partial charge in [0, 0.05) is 82.8 Å². The minimum absolute atomic E-state index is 0.00894. The normalized spacial score (nSPS) is 17.5. The van der Waals surface area contributed by atoms with Gasteiger partial charge in [0.15, 0.2) is 11.5 Å². The Kier molecular flexibility index (Phi) is 14.1. The number of ketones is 1. The van der Waals surface area contributed by atoms with Crippen LogP contribution in [0.1, 0.15) is 110 Å². The summed E-state index contributed by atoms with van der Waals surface area (Å²) in [7, 11) is 0. The second-order valence-corrected chi connectivity index (χ2v) is 18.8. The maximum absolute atomic E-state index is 14.9. The van der Waals surface area contributed by atoms with Crippen LogP contribution in [0, 0.1) is 0 Å². The van der Waals surface area contributed by atoms with Gasteiger partial charge in [0.2, 0.25) is 5.69 Å². The fourth-order valence-corrected chi connectivity index (χ4v) is 10.9. The Morgan fingerprint density at radius 1 is 0.714 bits per heavy atom. The van der Waals surface area contributed by atoms with Crippen molar-refractivity contribution in [2.45, 2.75) is 110 Å². The molecule has 3 aliphatic rings. The molecule has 9 nitrogen and oxygen atoms in total. The molecule has 0 saturated heterocycles. The zero-order chi connectivity index (χ0) is 44.9. The molecule has 0 spiro atoms. The van der Waals surface area contributed by atoms with Gasteiger partial charge in [0.25, 0.3) is 0 Å². The first kappa shape index (κ1) is 45.5. The van der Waals surface area contributed by atoms with Gasteiger partial charge in [0.1, 0.15) is 6.54 Å². The predicted molar refractivity (Wildman–Crippen MR) is 254 cm³/mol. The van der Waals surface area contributed by atoms with Crippen molar-refractivity contribution >= 4 is 74.1 Å². The first-order valence-corrected chi connectivity index (χ1v) is 23.6. The van der Waals surface area contributed by atoms with E-state index in [1.54, 1.807) is 11.8 Å². The number of ether oxygens (including phenoxy) is 2. The molecular formula is C53H61N2O7S+. The van der Waals surface area contributed by atoms with E-state index in [9.17, 15) is 24.3 Å². The predicted octanol–water partition coefficient (Wildman–Crippen LogP) is 11.3. The SMILES string of the molecule is CCOC(=O)CCCCSC1=C(/C=C2/N(CCCCC(=O)O)c3ccc4ccccc4c3C2(C)C)C(=O)/C1=C\C1=[N+](CCCCC(=O)OCC)c2ccc3ccccc3c2C1(C)C. The number of carboxylic acid groups (broad SMARTS) is 1. The first-order chi connectivity index (χ1) is 30.3. The van der Waals surface area contributed by atoms with Gasteiger partial charge in [-0.15, -0.1) is 11.8 Å². The van der Waals surface area contributed by atoms with Crippen LogP contribution in [-0.4, -0.2) is 71.1 Å². The lowest BCUT2D eigenvalue weighted by Crippen LogP contribution is -2.32. The third-order valence-corrected chi connectivity index (χ3v) is 13.9. The van der Waals surface area contributed by atoms with E-state index in [0.717, 1.165) is 57.1 Å². The summed E-state index contributed by atoms with van der Waals surface area (Å²) in [4.78, 5) is 54.1. The van der Waals surface area contributed by atoms with E-state index in [0.29, 0.717) is 76.0 Å². The molecule has 0 radical (unpaired) electrons. The number of allylic oxidation sites excluding steroid dienone is 5. The van der Waals surface area contributed by atoms with E-state index in [1.165, 1.54) is 21.9 Å². The van der Waals surface area contributed by atoms with E-state index in [-0.39, 0.29) is 24.1 Å². The van der Waals surface area contributed by atoms with E-state index in [4.69, 9.17) is 9.47 Å². The monoisotopic (exact) mass is 869 g/mol. The molecule has 63 heavy (non-hydrogen) atoms. The average Bonchev–Trinajstić information content (AvgIpc) is 3.61. The lowest BCUT2D eigenvalue weighted by molar-refractivity contribution is -0.438. The van der Waals surface area contributed by atoms with Crippen molar-refractivity contribution in [3.63, 3.8) is 0 Å². The second kappa shape index (κ2) is 19.5. The fourth-order valence-electron chi connectivity index (χ4n) is 9.69. The summed E-state index contributed by atoms with van der Waals surface area (Å²) in [6, 6.07) is 25.5. The number of rotatable bonds is 20. The summed E-state index contributed by atoms with van der Waals surface area (Å²) in [6.45, 7) is 14.6. The van der Waals surface area contributed by atoms with Gasteiger partial charge < -0.3 is 19.5 Å². The van der Waals surface area contributed by atoms with Crippen LogP contribution in [0.2, 0.25) is 0 Å². The molecule has 1 N–H and O–H groups in total. The molecule has 0 saturated carbocycles. The number of benzene rings is 4. The lowest BCUT2D eigenvalue weighted by Gasteiger charge is -2.31. The molecule has 0 fully saturated rings. The highest BCUT2D eigenvalue weighted by atomic mass is 32.2. The number of nitrogens with zero attached hydrogens (tertiary/aromatic N) is 2. The summed E-state index contributed by atoms with van der Waals surface area (Å²) in [5, 5.41) is 14.1. The highest BCUT2D eigenvalue weighted by molar-refractivity contribution is 8.03. The van der Waals surface area contributed by atoms with Crippen LogP contribution in [0.3, 0.4) is 0 Å². The van der Waals surface area contributed by atoms with Crippen LogP contribution < -0.4 is 4.90 Å². The molecule has 2 heterocycles. The van der Waals surface area contributed by atoms with Crippen molar-refractivity contribution in [3.05, 3.63) is 118 Å². The van der Waals surface area contributed by atoms with Crippen molar-refractivity contribution in [1.82, 2.24) is 0 Å². The number of hydrogen-bond acceptors (Lipinski definition) is 8. The van der Waals surface area contributed by atoms with Gasteiger partial charge in [-0.2, -0.15) is 4.58 Å². The molecule has 0 aromatic heterocycles. The summed E-state index contributed by atoms with van der Waals surface area (Å²) in [5.41, 5.74) is 7.13. The van der Waals surface area contributed by atoms with Gasteiger partial charge in [-0.05, 0) is 111 Å². The number of hydrogen-bond donors (Lipinski definition) is 1. The zero-order valence-electron chi connectivity index (χ0n) is 37.7. The van der Waals surface area contributed by atoms with E-state index in [1.807, 2.05) is 19.9 Å². The van der Waals surface area contributed by atoms with E-state index < -0.39 is 16.8 Å². The molecular weight excluding hydrogens is 809 g/mol. The number of anilines is 1. The summed E-state index contributed by atoms with van der Waals surface area (Å²) >= 11 is 1.67. The number of esters is 2. The molecule has 0 unspecified atom stereocenters. The minimum atomic E-state index is -0.804. The average molecular weight is 870 g/mol. The van der Waals surface area contributed by atoms with Crippen molar-refractivity contribution in [2.24, 2.45) is 0 Å². The van der Waals surface area contributed by atoms with Crippen molar-refractivity contribution in [1.29, 1.82) is 0 Å². The number of unbranched alkanes of at least 4 members (excludes halogenated alkanes) is 3. The number of aliphatic carboxylic acids is 1. The smallest absolute Gasteiger partial charge is 0.305 e. The molecule has 7 rings (SSSR count). The molecule has 0 amide bonds. The van der Waals surface area contributed by atoms with E-state index in [2.05, 4.69) is 116 Å². The molecule has 4 aromatic carbocycles. The highest BCUT2D eigenvalue weighted by Crippen LogP contribution is 2.53. The Bertz CT molecular complexity index is 2580. The number of fused-ring (bicyclic) bond motifs is 6. The number of carbonyl (C=O) groups excluding carboxylic acids is 3. The summed E-state index contributed by atoms with van der Waals surface area (Å²) in [6.07, 6.45) is 9.20. The maximum Gasteiger partial charge on any atom is 0.305 e. The third-order valence-electron chi connectivity index (χ3n) is 12.7. The first-order valence-electron chi connectivity index (χ1n) is 22.7. The van der Waals surface area contributed by atoms with Crippen molar-refractivity contribution in [3.8, 4) is 0 Å². The van der Waals surface area contributed by atoms with Gasteiger partial charge in [-0.3, -0.25) is 19.2 Å². The Labute approximate surface area is 375 Å². The Morgan fingerprint density at radius 2 is 1.32 bits per heavy atom. The molecule has 0 bridgehead atoms. The molecule has 2 aliphatic heterocycles. The highest BCUT2D eigenvalue weighted by Gasteiger charge is 2.48. The van der Waals surface area contributed by atoms with Crippen molar-refractivity contribution < 1.29 is 38.3 Å². The van der Waals surface area contributed by atoms with Gasteiger partial charge in [-0.25, -0.2) is 0 Å². The molecule has 10 heteroatoms. The van der Waals surface area contributed by atoms with Gasteiger partial charge in [-0.1, -0.05) is 68.4 Å². The fraction of sp³-hybridized carbons (Fsp3) is 0.415. The topological polar surface area (TPSA) is 113 Å². The number of carbonyl (C=O) groups is 4. The van der Waals surface area contributed by atoms with Gasteiger partial charge in [0.05, 0.1) is 18.6 Å². The zero-order valence-corrected chi connectivity index (χ0v) is 38.5. The van der Waals surface area contributed by atoms with Crippen LogP contribution in [-0.2, 0) is 39.5 Å². The van der Waals surface area contributed by atoms with Crippen LogP contribution in [0.25, 0.3) is 21.5 Å². The van der Waals surface area contributed by atoms with Crippen molar-refractivity contribution in [2.75, 3.05) is 37.0 Å². The summed E-state index contributed by atoms with van der Waals surface area (Å²) in [5.74, 6) is -0.471. The van der Waals surface area contributed by atoms with Crippen LogP contribution in [0.4, 0.5) is 11.4 Å². The lowest BCUT2D eigenvalue weighted by atomic mass is 9.76. The Balaban J connectivity index is 1.32. The third kappa shape index (κ3) is 9.28. The molecule has 4 aromatic rings.